The molecule has 1 aliphatic heterocycles. The van der Waals surface area contributed by atoms with Crippen molar-refractivity contribution in [2.45, 2.75) is 45.7 Å². The number of nitrogens with zero attached hydrogens (tertiary/aromatic N) is 1. The van der Waals surface area contributed by atoms with Gasteiger partial charge in [0.15, 0.2) is 0 Å². The van der Waals surface area contributed by atoms with Gasteiger partial charge in [-0.15, -0.1) is 0 Å². The van der Waals surface area contributed by atoms with Crippen molar-refractivity contribution in [1.82, 2.24) is 10.2 Å². The third kappa shape index (κ3) is 5.83. The summed E-state index contributed by atoms with van der Waals surface area (Å²) in [6.45, 7) is 7.02. The SMILES string of the molecule is CC(C)CC(NC(=O)C1CCCN(Cc2ccccc2Cl)C1)c1ccccc1. The molecule has 28 heavy (non-hydrogen) atoms. The zero-order valence-corrected chi connectivity index (χ0v) is 17.7. The quantitative estimate of drug-likeness (QED) is 0.672. The van der Waals surface area contributed by atoms with Crippen LogP contribution in [-0.2, 0) is 11.3 Å². The minimum Gasteiger partial charge on any atom is -0.349 e. The summed E-state index contributed by atoms with van der Waals surface area (Å²) < 4.78 is 0. The first-order valence-electron chi connectivity index (χ1n) is 10.3. The second-order valence-corrected chi connectivity index (χ2v) is 8.67. The summed E-state index contributed by atoms with van der Waals surface area (Å²) in [4.78, 5) is 15.4. The van der Waals surface area contributed by atoms with Crippen LogP contribution < -0.4 is 5.32 Å². The lowest BCUT2D eigenvalue weighted by Crippen LogP contribution is -2.43. The molecule has 0 aromatic heterocycles. The molecule has 3 nitrogen and oxygen atoms in total. The van der Waals surface area contributed by atoms with Crippen LogP contribution in [0.15, 0.2) is 54.6 Å². The van der Waals surface area contributed by atoms with E-state index in [2.05, 4.69) is 42.3 Å². The molecule has 1 heterocycles. The summed E-state index contributed by atoms with van der Waals surface area (Å²) in [5, 5.41) is 4.14. The van der Waals surface area contributed by atoms with Gasteiger partial charge in [0.25, 0.3) is 0 Å². The third-order valence-corrected chi connectivity index (χ3v) is 5.82. The minimum absolute atomic E-state index is 0.0367. The fourth-order valence-electron chi connectivity index (χ4n) is 4.01. The van der Waals surface area contributed by atoms with Gasteiger partial charge in [0.05, 0.1) is 12.0 Å². The van der Waals surface area contributed by atoms with Gasteiger partial charge in [0.1, 0.15) is 0 Å². The third-order valence-electron chi connectivity index (χ3n) is 5.45. The number of nitrogens with one attached hydrogen (secondary N) is 1. The van der Waals surface area contributed by atoms with Crippen molar-refractivity contribution in [3.8, 4) is 0 Å². The Bertz CT molecular complexity index is 762. The molecule has 2 aromatic carbocycles. The number of hydrogen-bond donors (Lipinski definition) is 1. The highest BCUT2D eigenvalue weighted by atomic mass is 35.5. The lowest BCUT2D eigenvalue weighted by molar-refractivity contribution is -0.127. The summed E-state index contributed by atoms with van der Waals surface area (Å²) in [5.41, 5.74) is 2.32. The Balaban J connectivity index is 1.63. The molecule has 1 amide bonds. The molecule has 1 fully saturated rings. The number of rotatable bonds is 7. The van der Waals surface area contributed by atoms with E-state index in [1.165, 1.54) is 5.56 Å². The molecule has 2 unspecified atom stereocenters. The molecule has 0 aliphatic carbocycles. The van der Waals surface area contributed by atoms with Gasteiger partial charge in [-0.3, -0.25) is 9.69 Å². The number of carbonyl (C=O) groups is 1. The van der Waals surface area contributed by atoms with Gasteiger partial charge < -0.3 is 5.32 Å². The first kappa shape index (κ1) is 20.9. The van der Waals surface area contributed by atoms with Crippen molar-refractivity contribution < 1.29 is 4.79 Å². The Labute approximate surface area is 174 Å². The van der Waals surface area contributed by atoms with Crippen LogP contribution in [0, 0.1) is 11.8 Å². The second-order valence-electron chi connectivity index (χ2n) is 8.27. The summed E-state index contributed by atoms with van der Waals surface area (Å²) in [7, 11) is 0. The van der Waals surface area contributed by atoms with Crippen molar-refractivity contribution in [3.63, 3.8) is 0 Å². The maximum absolute atomic E-state index is 13.1. The van der Waals surface area contributed by atoms with E-state index in [4.69, 9.17) is 11.6 Å². The Kier molecular flexibility index (Phi) is 7.52. The summed E-state index contributed by atoms with van der Waals surface area (Å²) in [5.74, 6) is 0.738. The Morgan fingerprint density at radius 3 is 2.57 bits per heavy atom. The molecular formula is C24H31ClN2O. The van der Waals surface area contributed by atoms with E-state index in [1.54, 1.807) is 0 Å². The zero-order chi connectivity index (χ0) is 19.9. The molecule has 0 saturated carbocycles. The van der Waals surface area contributed by atoms with E-state index < -0.39 is 0 Å². The highest BCUT2D eigenvalue weighted by Crippen LogP contribution is 2.25. The van der Waals surface area contributed by atoms with Gasteiger partial charge in [0, 0.05) is 18.1 Å². The van der Waals surface area contributed by atoms with Crippen molar-refractivity contribution in [2.75, 3.05) is 13.1 Å². The molecule has 2 atom stereocenters. The fourth-order valence-corrected chi connectivity index (χ4v) is 4.20. The number of halogens is 1. The topological polar surface area (TPSA) is 32.3 Å². The number of amides is 1. The van der Waals surface area contributed by atoms with Crippen molar-refractivity contribution in [2.24, 2.45) is 11.8 Å². The van der Waals surface area contributed by atoms with Gasteiger partial charge in [-0.2, -0.15) is 0 Å². The van der Waals surface area contributed by atoms with Gasteiger partial charge in [-0.05, 0) is 48.9 Å². The number of piperidine rings is 1. The summed E-state index contributed by atoms with van der Waals surface area (Å²) in [6.07, 6.45) is 2.95. The summed E-state index contributed by atoms with van der Waals surface area (Å²) in [6, 6.07) is 18.4. The molecule has 1 saturated heterocycles. The highest BCUT2D eigenvalue weighted by molar-refractivity contribution is 6.31. The number of likely N-dealkylation sites (tertiary alicyclic amines) is 1. The highest BCUT2D eigenvalue weighted by Gasteiger charge is 2.28. The zero-order valence-electron chi connectivity index (χ0n) is 16.9. The van der Waals surface area contributed by atoms with E-state index in [1.807, 2.05) is 36.4 Å². The number of carbonyl (C=O) groups excluding carboxylic acids is 1. The van der Waals surface area contributed by atoms with Crippen LogP contribution in [-0.4, -0.2) is 23.9 Å². The van der Waals surface area contributed by atoms with E-state index in [9.17, 15) is 4.79 Å². The van der Waals surface area contributed by atoms with Crippen LogP contribution in [0.5, 0.6) is 0 Å². The molecule has 2 aromatic rings. The molecular weight excluding hydrogens is 368 g/mol. The van der Waals surface area contributed by atoms with Crippen LogP contribution in [0.3, 0.4) is 0 Å². The monoisotopic (exact) mass is 398 g/mol. The minimum atomic E-state index is 0.0367. The number of benzene rings is 2. The van der Waals surface area contributed by atoms with Crippen LogP contribution >= 0.6 is 11.6 Å². The first-order chi connectivity index (χ1) is 13.5. The van der Waals surface area contributed by atoms with Crippen LogP contribution in [0.4, 0.5) is 0 Å². The van der Waals surface area contributed by atoms with E-state index >= 15 is 0 Å². The van der Waals surface area contributed by atoms with Crippen molar-refractivity contribution in [3.05, 3.63) is 70.7 Å². The molecule has 0 bridgehead atoms. The average Bonchev–Trinajstić information content (AvgIpc) is 2.70. The van der Waals surface area contributed by atoms with E-state index in [-0.39, 0.29) is 17.9 Å². The van der Waals surface area contributed by atoms with Crippen molar-refractivity contribution >= 4 is 17.5 Å². The normalized spacial score (nSPS) is 18.8. The maximum Gasteiger partial charge on any atom is 0.224 e. The molecule has 0 spiro atoms. The van der Waals surface area contributed by atoms with Gasteiger partial charge in [-0.25, -0.2) is 0 Å². The van der Waals surface area contributed by atoms with Gasteiger partial charge >= 0.3 is 0 Å². The Morgan fingerprint density at radius 1 is 1.14 bits per heavy atom. The van der Waals surface area contributed by atoms with Gasteiger partial charge in [0.2, 0.25) is 5.91 Å². The maximum atomic E-state index is 13.1. The first-order valence-corrected chi connectivity index (χ1v) is 10.7. The fraction of sp³-hybridized carbons (Fsp3) is 0.458. The number of hydrogen-bond acceptors (Lipinski definition) is 2. The standard InChI is InChI=1S/C24H31ClN2O/c1-18(2)15-23(19-9-4-3-5-10-19)26-24(28)21-12-8-14-27(17-21)16-20-11-6-7-13-22(20)25/h3-7,9-11,13,18,21,23H,8,12,14-17H2,1-2H3,(H,26,28). The molecule has 1 N–H and O–H groups in total. The Morgan fingerprint density at radius 2 is 1.86 bits per heavy atom. The predicted octanol–water partition coefficient (Wildman–Crippen LogP) is 5.46. The molecule has 1 aliphatic rings. The van der Waals surface area contributed by atoms with E-state index in [0.29, 0.717) is 5.92 Å². The largest absolute Gasteiger partial charge is 0.349 e. The van der Waals surface area contributed by atoms with Crippen LogP contribution in [0.1, 0.15) is 50.3 Å². The van der Waals surface area contributed by atoms with Crippen LogP contribution in [0.2, 0.25) is 5.02 Å². The smallest absolute Gasteiger partial charge is 0.224 e. The average molecular weight is 399 g/mol. The summed E-state index contributed by atoms with van der Waals surface area (Å²) >= 11 is 6.32. The van der Waals surface area contributed by atoms with Crippen LogP contribution in [0.25, 0.3) is 0 Å². The molecule has 3 rings (SSSR count). The predicted molar refractivity (Wildman–Crippen MR) is 116 cm³/mol. The molecule has 0 radical (unpaired) electrons. The molecule has 150 valence electrons. The lowest BCUT2D eigenvalue weighted by atomic mass is 9.93. The Hall–Kier alpha value is -1.84. The van der Waals surface area contributed by atoms with E-state index in [0.717, 1.165) is 49.5 Å². The lowest BCUT2D eigenvalue weighted by Gasteiger charge is -2.33. The van der Waals surface area contributed by atoms with Crippen molar-refractivity contribution in [1.29, 1.82) is 0 Å². The van der Waals surface area contributed by atoms with Gasteiger partial charge in [-0.1, -0.05) is 74.0 Å². The second kappa shape index (κ2) is 10.1. The molecule has 4 heteroatoms.